The summed E-state index contributed by atoms with van der Waals surface area (Å²) in [7, 11) is 0. The number of rotatable bonds is 5. The molecule has 1 aliphatic heterocycles. The van der Waals surface area contributed by atoms with E-state index < -0.39 is 0 Å². The number of aliphatic imine (C=N–C) groups is 1. The van der Waals surface area contributed by atoms with E-state index in [-0.39, 0.29) is 11.9 Å². The van der Waals surface area contributed by atoms with Crippen LogP contribution in [0.3, 0.4) is 0 Å². The van der Waals surface area contributed by atoms with E-state index >= 15 is 0 Å². The quantitative estimate of drug-likeness (QED) is 0.779. The Hall–Kier alpha value is -2.46. The Morgan fingerprint density at radius 2 is 1.80 bits per heavy atom. The van der Waals surface area contributed by atoms with E-state index in [1.54, 1.807) is 0 Å². The summed E-state index contributed by atoms with van der Waals surface area (Å²) in [4.78, 5) is 19.5. The van der Waals surface area contributed by atoms with Crippen LogP contribution in [0.25, 0.3) is 0 Å². The fourth-order valence-electron chi connectivity index (χ4n) is 3.14. The highest BCUT2D eigenvalue weighted by molar-refractivity contribution is 6.04. The van der Waals surface area contributed by atoms with Gasteiger partial charge in [-0.05, 0) is 31.0 Å². The Morgan fingerprint density at radius 3 is 2.48 bits per heavy atom. The number of carbonyl (C=O) groups is 1. The minimum Gasteiger partial charge on any atom is -0.465 e. The third-order valence-corrected chi connectivity index (χ3v) is 4.38. The van der Waals surface area contributed by atoms with E-state index in [0.717, 1.165) is 30.9 Å². The van der Waals surface area contributed by atoms with Gasteiger partial charge >= 0.3 is 5.97 Å². The molecule has 0 radical (unpaired) electrons. The molecular weight excluding hydrogens is 312 g/mol. The van der Waals surface area contributed by atoms with E-state index in [9.17, 15) is 4.79 Å². The Balaban J connectivity index is 1.76. The van der Waals surface area contributed by atoms with E-state index in [1.807, 2.05) is 55.5 Å². The zero-order valence-corrected chi connectivity index (χ0v) is 14.6. The molecule has 130 valence electrons. The number of carbonyl (C=O) groups excluding carboxylic acids is 1. The molecule has 0 saturated carbocycles. The van der Waals surface area contributed by atoms with Crippen LogP contribution >= 0.6 is 0 Å². The number of esters is 1. The summed E-state index contributed by atoms with van der Waals surface area (Å²) in [6.45, 7) is 4.63. The van der Waals surface area contributed by atoms with Crippen LogP contribution in [0.1, 0.15) is 18.9 Å². The molecule has 1 aliphatic rings. The lowest BCUT2D eigenvalue weighted by atomic mass is 9.94. The van der Waals surface area contributed by atoms with E-state index in [0.29, 0.717) is 13.2 Å². The third kappa shape index (κ3) is 4.77. The Morgan fingerprint density at radius 1 is 1.12 bits per heavy atom. The van der Waals surface area contributed by atoms with Crippen LogP contribution in [0, 0.1) is 5.92 Å². The molecule has 1 atom stereocenters. The molecule has 1 fully saturated rings. The van der Waals surface area contributed by atoms with Crippen LogP contribution < -0.4 is 0 Å². The lowest BCUT2D eigenvalue weighted by Crippen LogP contribution is -2.44. The molecule has 0 spiro atoms. The number of benzene rings is 2. The second kappa shape index (κ2) is 8.58. The van der Waals surface area contributed by atoms with Crippen molar-refractivity contribution in [1.29, 1.82) is 0 Å². The van der Waals surface area contributed by atoms with Gasteiger partial charge in [0, 0.05) is 25.3 Å². The molecule has 2 aromatic carbocycles. The molecule has 0 N–H and O–H groups in total. The summed E-state index contributed by atoms with van der Waals surface area (Å²) < 4.78 is 5.30. The minimum absolute atomic E-state index is 0.171. The first kappa shape index (κ1) is 17.4. The van der Waals surface area contributed by atoms with Crippen molar-refractivity contribution in [2.45, 2.75) is 19.9 Å². The van der Waals surface area contributed by atoms with Crippen molar-refractivity contribution in [1.82, 2.24) is 4.90 Å². The number of piperidine rings is 1. The van der Waals surface area contributed by atoms with E-state index in [1.165, 1.54) is 5.56 Å². The van der Waals surface area contributed by atoms with Crippen LogP contribution in [0.4, 0.5) is 5.69 Å². The maximum absolute atomic E-state index is 12.5. The first-order valence-electron chi connectivity index (χ1n) is 8.81. The number of likely N-dealkylation sites (tertiary alicyclic amines) is 1. The van der Waals surface area contributed by atoms with Crippen molar-refractivity contribution in [3.05, 3.63) is 66.2 Å². The SMILES string of the molecule is CCOC(=O)C1CN(Cc2ccccc2)CCC1=Nc1ccccc1. The zero-order chi connectivity index (χ0) is 17.5. The van der Waals surface area contributed by atoms with Crippen molar-refractivity contribution in [3.63, 3.8) is 0 Å². The monoisotopic (exact) mass is 336 g/mol. The van der Waals surface area contributed by atoms with Gasteiger partial charge in [0.15, 0.2) is 0 Å². The van der Waals surface area contributed by atoms with Gasteiger partial charge in [0.1, 0.15) is 5.92 Å². The first-order valence-corrected chi connectivity index (χ1v) is 8.81. The molecule has 1 saturated heterocycles. The Bertz CT molecular complexity index is 713. The van der Waals surface area contributed by atoms with E-state index in [2.05, 4.69) is 17.0 Å². The highest BCUT2D eigenvalue weighted by Crippen LogP contribution is 2.22. The topological polar surface area (TPSA) is 41.9 Å². The predicted octanol–water partition coefficient (Wildman–Crippen LogP) is 3.84. The zero-order valence-electron chi connectivity index (χ0n) is 14.6. The smallest absolute Gasteiger partial charge is 0.315 e. The number of para-hydroxylation sites is 1. The molecule has 4 nitrogen and oxygen atoms in total. The van der Waals surface area contributed by atoms with Crippen LogP contribution in [-0.4, -0.2) is 36.3 Å². The number of nitrogens with zero attached hydrogens (tertiary/aromatic N) is 2. The summed E-state index contributed by atoms with van der Waals surface area (Å²) in [5.74, 6) is -0.465. The van der Waals surface area contributed by atoms with Crippen molar-refractivity contribution >= 4 is 17.4 Å². The maximum atomic E-state index is 12.5. The average molecular weight is 336 g/mol. The molecule has 4 heteroatoms. The minimum atomic E-state index is -0.294. The largest absolute Gasteiger partial charge is 0.465 e. The fraction of sp³-hybridized carbons (Fsp3) is 0.333. The summed E-state index contributed by atoms with van der Waals surface area (Å²) in [5.41, 5.74) is 3.07. The fourth-order valence-corrected chi connectivity index (χ4v) is 3.14. The van der Waals surface area contributed by atoms with Gasteiger partial charge < -0.3 is 4.74 Å². The second-order valence-electron chi connectivity index (χ2n) is 6.21. The standard InChI is InChI=1S/C21H24N2O2/c1-2-25-21(24)19-16-23(15-17-9-5-3-6-10-17)14-13-20(19)22-18-11-7-4-8-12-18/h3-12,19H,2,13-16H2,1H3. The van der Waals surface area contributed by atoms with Crippen LogP contribution in [-0.2, 0) is 16.1 Å². The van der Waals surface area contributed by atoms with Gasteiger partial charge in [-0.3, -0.25) is 14.7 Å². The molecule has 2 aromatic rings. The van der Waals surface area contributed by atoms with E-state index in [4.69, 9.17) is 9.73 Å². The molecule has 25 heavy (non-hydrogen) atoms. The molecule has 1 heterocycles. The van der Waals surface area contributed by atoms with Gasteiger partial charge in [-0.25, -0.2) is 0 Å². The molecule has 0 aliphatic carbocycles. The summed E-state index contributed by atoms with van der Waals surface area (Å²) >= 11 is 0. The van der Waals surface area contributed by atoms with Gasteiger partial charge in [-0.2, -0.15) is 0 Å². The lowest BCUT2D eigenvalue weighted by molar-refractivity contribution is -0.146. The first-order chi connectivity index (χ1) is 12.3. The van der Waals surface area contributed by atoms with Crippen molar-refractivity contribution < 1.29 is 9.53 Å². The molecule has 0 bridgehead atoms. The van der Waals surface area contributed by atoms with Gasteiger partial charge in [0.25, 0.3) is 0 Å². The lowest BCUT2D eigenvalue weighted by Gasteiger charge is -2.32. The summed E-state index contributed by atoms with van der Waals surface area (Å²) in [5, 5.41) is 0. The molecular formula is C21H24N2O2. The molecule has 1 unspecified atom stereocenters. The Kier molecular flexibility index (Phi) is 5.96. The van der Waals surface area contributed by atoms with Crippen molar-refractivity contribution in [2.75, 3.05) is 19.7 Å². The maximum Gasteiger partial charge on any atom is 0.315 e. The van der Waals surface area contributed by atoms with Crippen molar-refractivity contribution in [3.8, 4) is 0 Å². The van der Waals surface area contributed by atoms with Gasteiger partial charge in [0.2, 0.25) is 0 Å². The molecule has 0 amide bonds. The van der Waals surface area contributed by atoms with Crippen LogP contribution in [0.5, 0.6) is 0 Å². The molecule has 0 aromatic heterocycles. The summed E-state index contributed by atoms with van der Waals surface area (Å²) in [6, 6.07) is 20.2. The Labute approximate surface area is 149 Å². The van der Waals surface area contributed by atoms with Gasteiger partial charge in [0.05, 0.1) is 12.3 Å². The number of hydrogen-bond donors (Lipinski definition) is 0. The highest BCUT2D eigenvalue weighted by Gasteiger charge is 2.32. The van der Waals surface area contributed by atoms with Crippen LogP contribution in [0.15, 0.2) is 65.7 Å². The summed E-state index contributed by atoms with van der Waals surface area (Å²) in [6.07, 6.45) is 0.783. The predicted molar refractivity (Wildman–Crippen MR) is 100.0 cm³/mol. The van der Waals surface area contributed by atoms with Gasteiger partial charge in [-0.15, -0.1) is 0 Å². The second-order valence-corrected chi connectivity index (χ2v) is 6.21. The van der Waals surface area contributed by atoms with Gasteiger partial charge in [-0.1, -0.05) is 48.5 Å². The molecule has 3 rings (SSSR count). The van der Waals surface area contributed by atoms with Crippen LogP contribution in [0.2, 0.25) is 0 Å². The highest BCUT2D eigenvalue weighted by atomic mass is 16.5. The average Bonchev–Trinajstić information content (AvgIpc) is 2.65. The number of ether oxygens (including phenoxy) is 1. The van der Waals surface area contributed by atoms with Crippen molar-refractivity contribution in [2.24, 2.45) is 10.9 Å². The number of hydrogen-bond acceptors (Lipinski definition) is 4. The normalized spacial score (nSPS) is 19.7. The third-order valence-electron chi connectivity index (χ3n) is 4.38.